The van der Waals surface area contributed by atoms with Crippen molar-refractivity contribution in [1.29, 1.82) is 0 Å². The fourth-order valence-corrected chi connectivity index (χ4v) is 2.30. The van der Waals surface area contributed by atoms with Crippen molar-refractivity contribution in [3.8, 4) is 0 Å². The molecule has 0 aromatic heterocycles. The summed E-state index contributed by atoms with van der Waals surface area (Å²) in [5.74, 6) is 0. The number of likely N-dealkylation sites (N-methyl/N-ethyl adjacent to an activating group) is 1. The Bertz CT molecular complexity index is 508. The zero-order valence-corrected chi connectivity index (χ0v) is 13.2. The zero-order chi connectivity index (χ0) is 13.5. The maximum absolute atomic E-state index is 3.55. The van der Waals surface area contributed by atoms with Crippen LogP contribution in [0.1, 0.15) is 19.8 Å². The molecular weight excluding hydrogens is 268 g/mol. The molecule has 2 rings (SSSR count). The van der Waals surface area contributed by atoms with E-state index in [9.17, 15) is 0 Å². The fraction of sp³-hybridized carbons (Fsp3) is 0.412. The molecule has 0 aliphatic heterocycles. The van der Waals surface area contributed by atoms with Gasteiger partial charge in [-0.05, 0) is 31.5 Å². The lowest BCUT2D eigenvalue weighted by atomic mass is 10.1. The van der Waals surface area contributed by atoms with Gasteiger partial charge in [0.25, 0.3) is 0 Å². The molecule has 20 heavy (non-hydrogen) atoms. The van der Waals surface area contributed by atoms with E-state index in [4.69, 9.17) is 0 Å². The minimum absolute atomic E-state index is 0. The van der Waals surface area contributed by atoms with Crippen molar-refractivity contribution in [2.24, 2.45) is 0 Å². The van der Waals surface area contributed by atoms with Crippen LogP contribution in [0.2, 0.25) is 0 Å². The van der Waals surface area contributed by atoms with Crippen molar-refractivity contribution in [2.75, 3.05) is 32.0 Å². The summed E-state index contributed by atoms with van der Waals surface area (Å²) in [5, 5.41) is 6.16. The van der Waals surface area contributed by atoms with Gasteiger partial charge in [-0.15, -0.1) is 12.4 Å². The second-order valence-electron chi connectivity index (χ2n) is 5.11. The van der Waals surface area contributed by atoms with E-state index >= 15 is 0 Å². The third-order valence-corrected chi connectivity index (χ3v) is 3.49. The van der Waals surface area contributed by atoms with Gasteiger partial charge in [-0.2, -0.15) is 0 Å². The molecule has 2 aromatic rings. The van der Waals surface area contributed by atoms with Gasteiger partial charge in [0.05, 0.1) is 0 Å². The molecule has 0 heterocycles. The Morgan fingerprint density at radius 3 is 2.55 bits per heavy atom. The van der Waals surface area contributed by atoms with Crippen LogP contribution in [0.4, 0.5) is 5.69 Å². The molecule has 0 radical (unpaired) electrons. The average molecular weight is 293 g/mol. The van der Waals surface area contributed by atoms with Crippen molar-refractivity contribution in [3.05, 3.63) is 42.5 Å². The first-order valence-corrected chi connectivity index (χ1v) is 7.21. The second-order valence-corrected chi connectivity index (χ2v) is 5.11. The normalized spacial score (nSPS) is 10.6. The highest BCUT2D eigenvalue weighted by molar-refractivity contribution is 5.93. The lowest BCUT2D eigenvalue weighted by molar-refractivity contribution is 0.340. The van der Waals surface area contributed by atoms with Gasteiger partial charge in [0.1, 0.15) is 0 Å². The summed E-state index contributed by atoms with van der Waals surface area (Å²) in [7, 11) is 2.19. The minimum Gasteiger partial charge on any atom is -0.383 e. The largest absolute Gasteiger partial charge is 0.383 e. The number of nitrogens with zero attached hydrogens (tertiary/aromatic N) is 1. The van der Waals surface area contributed by atoms with E-state index in [1.807, 2.05) is 0 Å². The highest BCUT2D eigenvalue weighted by Gasteiger charge is 2.00. The molecule has 0 aliphatic rings. The summed E-state index contributed by atoms with van der Waals surface area (Å²) in [6.07, 6.45) is 2.55. The van der Waals surface area contributed by atoms with Crippen LogP contribution < -0.4 is 5.32 Å². The summed E-state index contributed by atoms with van der Waals surface area (Å²) in [6, 6.07) is 15.0. The van der Waals surface area contributed by atoms with Gasteiger partial charge >= 0.3 is 0 Å². The molecule has 0 spiro atoms. The average Bonchev–Trinajstić information content (AvgIpc) is 2.45. The van der Waals surface area contributed by atoms with E-state index in [0.29, 0.717) is 0 Å². The quantitative estimate of drug-likeness (QED) is 0.813. The summed E-state index contributed by atoms with van der Waals surface area (Å²) in [6.45, 7) is 5.51. The van der Waals surface area contributed by atoms with Crippen LogP contribution in [0.3, 0.4) is 0 Å². The molecule has 3 heteroatoms. The molecule has 1 N–H and O–H groups in total. The molecule has 0 unspecified atom stereocenters. The van der Waals surface area contributed by atoms with Crippen LogP contribution in [0.15, 0.2) is 42.5 Å². The maximum atomic E-state index is 3.55. The second kappa shape index (κ2) is 8.83. The first-order chi connectivity index (χ1) is 9.31. The van der Waals surface area contributed by atoms with E-state index in [0.717, 1.165) is 13.1 Å². The van der Waals surface area contributed by atoms with Crippen molar-refractivity contribution >= 4 is 28.9 Å². The number of fused-ring (bicyclic) bond motifs is 1. The molecule has 0 aliphatic carbocycles. The van der Waals surface area contributed by atoms with E-state index in [2.05, 4.69) is 66.7 Å². The predicted molar refractivity (Wildman–Crippen MR) is 92.1 cm³/mol. The third-order valence-electron chi connectivity index (χ3n) is 3.49. The van der Waals surface area contributed by atoms with Gasteiger partial charge in [0.2, 0.25) is 0 Å². The van der Waals surface area contributed by atoms with Crippen LogP contribution in [0, 0.1) is 0 Å². The summed E-state index contributed by atoms with van der Waals surface area (Å²) < 4.78 is 0. The van der Waals surface area contributed by atoms with Crippen molar-refractivity contribution < 1.29 is 0 Å². The first kappa shape index (κ1) is 16.8. The van der Waals surface area contributed by atoms with Crippen LogP contribution in [0.25, 0.3) is 10.8 Å². The van der Waals surface area contributed by atoms with Gasteiger partial charge < -0.3 is 10.2 Å². The zero-order valence-electron chi connectivity index (χ0n) is 12.4. The highest BCUT2D eigenvalue weighted by atomic mass is 35.5. The van der Waals surface area contributed by atoms with Gasteiger partial charge in [-0.25, -0.2) is 0 Å². The van der Waals surface area contributed by atoms with Crippen molar-refractivity contribution in [1.82, 2.24) is 4.90 Å². The Balaban J connectivity index is 0.00000200. The third kappa shape index (κ3) is 4.69. The number of hydrogen-bond acceptors (Lipinski definition) is 2. The van der Waals surface area contributed by atoms with E-state index in [1.54, 1.807) is 0 Å². The molecule has 0 bridgehead atoms. The van der Waals surface area contributed by atoms with Gasteiger partial charge in [0, 0.05) is 24.2 Å². The Hall–Kier alpha value is -1.25. The van der Waals surface area contributed by atoms with Crippen LogP contribution in [-0.2, 0) is 0 Å². The van der Waals surface area contributed by atoms with Crippen LogP contribution in [0.5, 0.6) is 0 Å². The Kier molecular flexibility index (Phi) is 7.42. The lowest BCUT2D eigenvalue weighted by Crippen LogP contribution is -2.26. The smallest absolute Gasteiger partial charge is 0.0420 e. The number of hydrogen-bond donors (Lipinski definition) is 1. The number of benzene rings is 2. The van der Waals surface area contributed by atoms with E-state index in [-0.39, 0.29) is 12.4 Å². The summed E-state index contributed by atoms with van der Waals surface area (Å²) >= 11 is 0. The number of halogens is 1. The summed E-state index contributed by atoms with van der Waals surface area (Å²) in [4.78, 5) is 2.39. The van der Waals surface area contributed by atoms with Gasteiger partial charge in [-0.3, -0.25) is 0 Å². The highest BCUT2D eigenvalue weighted by Crippen LogP contribution is 2.22. The Morgan fingerprint density at radius 1 is 1.00 bits per heavy atom. The van der Waals surface area contributed by atoms with Crippen LogP contribution in [-0.4, -0.2) is 31.6 Å². The van der Waals surface area contributed by atoms with Crippen molar-refractivity contribution in [3.63, 3.8) is 0 Å². The Morgan fingerprint density at radius 2 is 1.75 bits per heavy atom. The number of nitrogens with one attached hydrogen (secondary N) is 1. The fourth-order valence-electron chi connectivity index (χ4n) is 2.30. The molecule has 0 saturated carbocycles. The van der Waals surface area contributed by atoms with Crippen molar-refractivity contribution in [2.45, 2.75) is 19.8 Å². The standard InChI is InChI=1S/C17H24N2.ClH/c1-3-4-13-19(2)14-12-18-17-11-7-9-15-8-5-6-10-16(15)17;/h5-11,18H,3-4,12-14H2,1-2H3;1H. The van der Waals surface area contributed by atoms with Gasteiger partial charge in [0.15, 0.2) is 0 Å². The number of unbranched alkanes of at least 4 members (excludes halogenated alkanes) is 1. The van der Waals surface area contributed by atoms with E-state index < -0.39 is 0 Å². The van der Waals surface area contributed by atoms with E-state index in [1.165, 1.54) is 35.8 Å². The molecule has 2 nitrogen and oxygen atoms in total. The molecular formula is C17H25ClN2. The molecule has 110 valence electrons. The first-order valence-electron chi connectivity index (χ1n) is 7.21. The SMILES string of the molecule is CCCCN(C)CCNc1cccc2ccccc12.Cl. The molecule has 0 atom stereocenters. The maximum Gasteiger partial charge on any atom is 0.0420 e. The summed E-state index contributed by atoms with van der Waals surface area (Å²) in [5.41, 5.74) is 1.24. The molecule has 2 aromatic carbocycles. The lowest BCUT2D eigenvalue weighted by Gasteiger charge is -2.17. The predicted octanol–water partition coefficient (Wildman–Crippen LogP) is 4.41. The van der Waals surface area contributed by atoms with Crippen LogP contribution >= 0.6 is 12.4 Å². The topological polar surface area (TPSA) is 15.3 Å². The van der Waals surface area contributed by atoms with Gasteiger partial charge in [-0.1, -0.05) is 49.7 Å². The molecule has 0 amide bonds. The number of rotatable bonds is 7. The molecule has 0 fully saturated rings. The minimum atomic E-state index is 0. The number of anilines is 1. The molecule has 0 saturated heterocycles. The Labute approximate surface area is 128 Å². The monoisotopic (exact) mass is 292 g/mol.